The summed E-state index contributed by atoms with van der Waals surface area (Å²) in [6, 6.07) is -0.680. The van der Waals surface area contributed by atoms with Gasteiger partial charge < -0.3 is 24.3 Å². The van der Waals surface area contributed by atoms with Gasteiger partial charge in [0.15, 0.2) is 12.2 Å². The predicted octanol–water partition coefficient (Wildman–Crippen LogP) is 0.877. The first-order chi connectivity index (χ1) is 12.9. The highest BCUT2D eigenvalue weighted by Crippen LogP contribution is 2.23. The van der Waals surface area contributed by atoms with Crippen LogP contribution in [0.4, 0.5) is 0 Å². The molecule has 1 saturated heterocycles. The summed E-state index contributed by atoms with van der Waals surface area (Å²) in [5.74, 6) is -1.70. The molecule has 1 aliphatic rings. The molecule has 1 N–H and O–H groups in total. The second-order valence-electron chi connectivity index (χ2n) is 6.05. The molecule has 9 nitrogen and oxygen atoms in total. The van der Waals surface area contributed by atoms with Crippen molar-refractivity contribution in [2.75, 3.05) is 13.2 Å². The zero-order valence-electron chi connectivity index (χ0n) is 16.3. The second-order valence-corrected chi connectivity index (χ2v) is 6.05. The van der Waals surface area contributed by atoms with Crippen LogP contribution in [0.1, 0.15) is 53.4 Å². The molecule has 1 heterocycles. The lowest BCUT2D eigenvalue weighted by Crippen LogP contribution is -2.62. The molecule has 4 atom stereocenters. The number of rotatable bonds is 9. The smallest absolute Gasteiger partial charge is 0.306 e. The Balaban J connectivity index is 3.05. The number of carbonyl (C=O) groups is 4. The van der Waals surface area contributed by atoms with Crippen molar-refractivity contribution in [1.82, 2.24) is 5.32 Å². The van der Waals surface area contributed by atoms with E-state index in [0.29, 0.717) is 0 Å². The third-order valence-corrected chi connectivity index (χ3v) is 4.05. The lowest BCUT2D eigenvalue weighted by Gasteiger charge is -2.41. The fourth-order valence-corrected chi connectivity index (χ4v) is 2.47. The maximum absolute atomic E-state index is 11.9. The zero-order valence-corrected chi connectivity index (χ0v) is 16.3. The Hall–Kier alpha value is -2.16. The van der Waals surface area contributed by atoms with Crippen LogP contribution in [0.5, 0.6) is 0 Å². The molecule has 27 heavy (non-hydrogen) atoms. The first-order valence-corrected chi connectivity index (χ1v) is 9.31. The topological polar surface area (TPSA) is 117 Å². The molecule has 0 radical (unpaired) electrons. The average Bonchev–Trinajstić information content (AvgIpc) is 2.68. The van der Waals surface area contributed by atoms with Gasteiger partial charge in [-0.2, -0.15) is 0 Å². The number of nitrogens with one attached hydrogen (secondary N) is 1. The molecule has 9 heteroatoms. The minimum atomic E-state index is -1.01. The Morgan fingerprint density at radius 2 is 1.41 bits per heavy atom. The van der Waals surface area contributed by atoms with Crippen LogP contribution < -0.4 is 5.32 Å². The van der Waals surface area contributed by atoms with Crippen LogP contribution in [0, 0.1) is 0 Å². The van der Waals surface area contributed by atoms with Crippen molar-refractivity contribution in [2.24, 2.45) is 0 Å². The van der Waals surface area contributed by atoms with Crippen molar-refractivity contribution in [3.8, 4) is 0 Å². The van der Waals surface area contributed by atoms with Crippen LogP contribution in [-0.2, 0) is 38.1 Å². The van der Waals surface area contributed by atoms with E-state index in [-0.39, 0.29) is 44.8 Å². The lowest BCUT2D eigenvalue weighted by molar-refractivity contribution is -0.209. The Bertz CT molecular complexity index is 535. The summed E-state index contributed by atoms with van der Waals surface area (Å²) in [5.41, 5.74) is 0. The quantitative estimate of drug-likeness (QED) is 0.458. The Kier molecular flexibility index (Phi) is 9.77. The number of carbonyl (C=O) groups excluding carboxylic acids is 4. The van der Waals surface area contributed by atoms with Gasteiger partial charge in [0.1, 0.15) is 12.7 Å². The van der Waals surface area contributed by atoms with E-state index in [0.717, 1.165) is 0 Å². The summed E-state index contributed by atoms with van der Waals surface area (Å²) in [5, 5.41) is 2.73. The van der Waals surface area contributed by atoms with Gasteiger partial charge in [-0.25, -0.2) is 0 Å². The summed E-state index contributed by atoms with van der Waals surface area (Å²) in [6.45, 7) is 6.48. The van der Waals surface area contributed by atoms with E-state index in [1.165, 1.54) is 0 Å². The number of ether oxygens (including phenoxy) is 4. The SMILES string of the molecule is CCC(=O)N[C@H]1CO[C@H](COC(=O)CC)[C@@H](OC(=O)CC)[C@@H]1OC(=O)CC. The van der Waals surface area contributed by atoms with Crippen LogP contribution in [-0.4, -0.2) is 61.4 Å². The first kappa shape index (κ1) is 22.9. The van der Waals surface area contributed by atoms with Crippen LogP contribution >= 0.6 is 0 Å². The molecule has 154 valence electrons. The molecule has 1 rings (SSSR count). The Morgan fingerprint density at radius 1 is 0.852 bits per heavy atom. The second kappa shape index (κ2) is 11.5. The first-order valence-electron chi connectivity index (χ1n) is 9.31. The number of hydrogen-bond acceptors (Lipinski definition) is 8. The molecule has 0 unspecified atom stereocenters. The molecule has 0 saturated carbocycles. The van der Waals surface area contributed by atoms with Gasteiger partial charge in [0.05, 0.1) is 12.6 Å². The fourth-order valence-electron chi connectivity index (χ4n) is 2.47. The van der Waals surface area contributed by atoms with E-state index in [9.17, 15) is 19.2 Å². The summed E-state index contributed by atoms with van der Waals surface area (Å²) in [7, 11) is 0. The third kappa shape index (κ3) is 7.16. The molecule has 1 amide bonds. The highest BCUT2D eigenvalue weighted by Gasteiger charge is 2.46. The highest BCUT2D eigenvalue weighted by molar-refractivity contribution is 5.76. The summed E-state index contributed by atoms with van der Waals surface area (Å²) in [6.07, 6.45) is -2.09. The van der Waals surface area contributed by atoms with E-state index in [1.807, 2.05) is 0 Å². The lowest BCUT2D eigenvalue weighted by atomic mass is 9.97. The summed E-state index contributed by atoms with van der Waals surface area (Å²) in [4.78, 5) is 47.1. The number of hydrogen-bond donors (Lipinski definition) is 1. The standard InChI is InChI=1S/C18H29NO8/c1-5-13(20)19-11-9-24-12(10-25-14(21)6-2)18(27-16(23)8-4)17(11)26-15(22)7-3/h11-12,17-18H,5-10H2,1-4H3,(H,19,20)/t11-,12+,17+,18+/m0/s1. The predicted molar refractivity (Wildman–Crippen MR) is 93.6 cm³/mol. The minimum absolute atomic E-state index is 0.0297. The number of amides is 1. The molecule has 0 aromatic carbocycles. The van der Waals surface area contributed by atoms with Gasteiger partial charge in [-0.3, -0.25) is 19.2 Å². The molecule has 0 aliphatic carbocycles. The van der Waals surface area contributed by atoms with Crippen molar-refractivity contribution in [1.29, 1.82) is 0 Å². The summed E-state index contributed by atoms with van der Waals surface area (Å²) >= 11 is 0. The van der Waals surface area contributed by atoms with Gasteiger partial charge in [-0.1, -0.05) is 27.7 Å². The zero-order chi connectivity index (χ0) is 20.4. The molecule has 1 aliphatic heterocycles. The highest BCUT2D eigenvalue weighted by atomic mass is 16.6. The average molecular weight is 387 g/mol. The van der Waals surface area contributed by atoms with Gasteiger partial charge in [0.25, 0.3) is 0 Å². The fraction of sp³-hybridized carbons (Fsp3) is 0.778. The van der Waals surface area contributed by atoms with Gasteiger partial charge >= 0.3 is 17.9 Å². The van der Waals surface area contributed by atoms with Crippen LogP contribution in [0.3, 0.4) is 0 Å². The molecule has 0 spiro atoms. The van der Waals surface area contributed by atoms with Crippen molar-refractivity contribution < 1.29 is 38.1 Å². The van der Waals surface area contributed by atoms with Crippen molar-refractivity contribution in [3.63, 3.8) is 0 Å². The van der Waals surface area contributed by atoms with E-state index >= 15 is 0 Å². The van der Waals surface area contributed by atoms with Crippen LogP contribution in [0.15, 0.2) is 0 Å². The number of esters is 3. The normalized spacial score (nSPS) is 24.6. The maximum Gasteiger partial charge on any atom is 0.306 e. The van der Waals surface area contributed by atoms with Crippen molar-refractivity contribution >= 4 is 23.8 Å². The Labute approximate surface area is 159 Å². The van der Waals surface area contributed by atoms with Crippen molar-refractivity contribution in [3.05, 3.63) is 0 Å². The largest absolute Gasteiger partial charge is 0.463 e. The van der Waals surface area contributed by atoms with Gasteiger partial charge in [0.2, 0.25) is 5.91 Å². The van der Waals surface area contributed by atoms with Crippen LogP contribution in [0.25, 0.3) is 0 Å². The Morgan fingerprint density at radius 3 is 1.93 bits per heavy atom. The van der Waals surface area contributed by atoms with E-state index in [2.05, 4.69) is 5.32 Å². The van der Waals surface area contributed by atoms with E-state index < -0.39 is 42.3 Å². The molecule has 0 bridgehead atoms. The van der Waals surface area contributed by atoms with Gasteiger partial charge in [0, 0.05) is 25.7 Å². The van der Waals surface area contributed by atoms with Gasteiger partial charge in [-0.15, -0.1) is 0 Å². The molecular weight excluding hydrogens is 358 g/mol. The molecule has 0 aromatic rings. The minimum Gasteiger partial charge on any atom is -0.463 e. The third-order valence-electron chi connectivity index (χ3n) is 4.05. The van der Waals surface area contributed by atoms with E-state index in [4.69, 9.17) is 18.9 Å². The van der Waals surface area contributed by atoms with Crippen LogP contribution in [0.2, 0.25) is 0 Å². The van der Waals surface area contributed by atoms with Gasteiger partial charge in [-0.05, 0) is 0 Å². The molecular formula is C18H29NO8. The summed E-state index contributed by atoms with van der Waals surface area (Å²) < 4.78 is 21.7. The molecule has 0 aromatic heterocycles. The van der Waals surface area contributed by atoms with Crippen molar-refractivity contribution in [2.45, 2.75) is 77.7 Å². The maximum atomic E-state index is 11.9. The monoisotopic (exact) mass is 387 g/mol. The molecule has 1 fully saturated rings. The van der Waals surface area contributed by atoms with E-state index in [1.54, 1.807) is 27.7 Å².